The van der Waals surface area contributed by atoms with Gasteiger partial charge in [0.2, 0.25) is 5.91 Å². The van der Waals surface area contributed by atoms with Crippen LogP contribution in [0.5, 0.6) is 5.75 Å². The molecule has 0 bridgehead atoms. The monoisotopic (exact) mass is 468 g/mol. The fourth-order valence-corrected chi connectivity index (χ4v) is 4.42. The predicted octanol–water partition coefficient (Wildman–Crippen LogP) is 3.35. The zero-order valence-electron chi connectivity index (χ0n) is 19.4. The number of methoxy groups -OCH3 is 1. The van der Waals surface area contributed by atoms with Crippen LogP contribution in [0.2, 0.25) is 0 Å². The Morgan fingerprint density at radius 2 is 1.57 bits per heavy atom. The number of carbonyl (C=O) groups excluding carboxylic acids is 1. The summed E-state index contributed by atoms with van der Waals surface area (Å²) in [5.74, 6) is 0.218. The third-order valence-electron chi connectivity index (χ3n) is 6.10. The Morgan fingerprint density at radius 3 is 2.26 bits per heavy atom. The van der Waals surface area contributed by atoms with Gasteiger partial charge in [-0.1, -0.05) is 48.5 Å². The Bertz CT molecular complexity index is 1670. The van der Waals surface area contributed by atoms with Gasteiger partial charge in [-0.25, -0.2) is 4.79 Å². The lowest BCUT2D eigenvalue weighted by Gasteiger charge is -2.13. The van der Waals surface area contributed by atoms with Crippen LogP contribution < -0.4 is 21.3 Å². The number of ether oxygens (including phenoxy) is 1. The molecule has 0 unspecified atom stereocenters. The second kappa shape index (κ2) is 8.98. The molecule has 8 nitrogen and oxygen atoms in total. The molecule has 0 atom stereocenters. The van der Waals surface area contributed by atoms with Crippen LogP contribution >= 0.6 is 0 Å². The molecular formula is C27H24N4O4. The average molecular weight is 469 g/mol. The highest BCUT2D eigenvalue weighted by atomic mass is 16.5. The molecule has 8 heteroatoms. The minimum Gasteiger partial charge on any atom is -0.497 e. The minimum atomic E-state index is -0.551. The standard InChI is InChI=1S/C27H24N4O4/c1-29-22-14-13-20(35-2)15-21(22)24-25(29)26(33)31(16-18-9-5-3-6-10-18)27(34)30(24)17-23(32)28-19-11-7-4-8-12-19/h3-15H,16-17H2,1-2H3,(H,28,32). The van der Waals surface area contributed by atoms with Gasteiger partial charge in [-0.15, -0.1) is 0 Å². The maximum atomic E-state index is 13.7. The Kier molecular flexibility index (Phi) is 5.70. The first-order chi connectivity index (χ1) is 17.0. The third kappa shape index (κ3) is 3.99. The quantitative estimate of drug-likeness (QED) is 0.414. The number of benzene rings is 3. The number of nitrogens with one attached hydrogen (secondary N) is 1. The van der Waals surface area contributed by atoms with E-state index in [1.807, 2.05) is 54.6 Å². The van der Waals surface area contributed by atoms with Gasteiger partial charge in [-0.3, -0.25) is 18.7 Å². The lowest BCUT2D eigenvalue weighted by Crippen LogP contribution is -2.42. The fourth-order valence-electron chi connectivity index (χ4n) is 4.42. The lowest BCUT2D eigenvalue weighted by atomic mass is 10.2. The van der Waals surface area contributed by atoms with E-state index in [-0.39, 0.29) is 19.0 Å². The van der Waals surface area contributed by atoms with Crippen LogP contribution in [0.4, 0.5) is 5.69 Å². The number of anilines is 1. The van der Waals surface area contributed by atoms with Crippen molar-refractivity contribution < 1.29 is 9.53 Å². The van der Waals surface area contributed by atoms with E-state index in [0.717, 1.165) is 11.1 Å². The molecule has 2 aromatic heterocycles. The molecule has 0 radical (unpaired) electrons. The van der Waals surface area contributed by atoms with Crippen LogP contribution in [0, 0.1) is 0 Å². The van der Waals surface area contributed by atoms with Crippen LogP contribution in [0.25, 0.3) is 21.9 Å². The molecule has 5 aromatic rings. The first-order valence-electron chi connectivity index (χ1n) is 11.2. The normalized spacial score (nSPS) is 11.1. The van der Waals surface area contributed by atoms with E-state index >= 15 is 0 Å². The summed E-state index contributed by atoms with van der Waals surface area (Å²) in [6.45, 7) is -0.158. The summed E-state index contributed by atoms with van der Waals surface area (Å²) < 4.78 is 9.71. The first kappa shape index (κ1) is 22.2. The Labute approximate surface area is 200 Å². The summed E-state index contributed by atoms with van der Waals surface area (Å²) in [5, 5.41) is 3.49. The number of para-hydroxylation sites is 1. The molecule has 0 spiro atoms. The number of aryl methyl sites for hydroxylation is 1. The van der Waals surface area contributed by atoms with Crippen molar-refractivity contribution in [3.63, 3.8) is 0 Å². The largest absolute Gasteiger partial charge is 0.497 e. The smallest absolute Gasteiger partial charge is 0.332 e. The van der Waals surface area contributed by atoms with E-state index in [1.54, 1.807) is 43.0 Å². The van der Waals surface area contributed by atoms with E-state index in [2.05, 4.69) is 5.32 Å². The number of aromatic nitrogens is 3. The summed E-state index contributed by atoms with van der Waals surface area (Å²) in [5.41, 5.74) is 1.98. The van der Waals surface area contributed by atoms with Gasteiger partial charge in [0, 0.05) is 18.1 Å². The molecule has 35 heavy (non-hydrogen) atoms. The number of hydrogen-bond donors (Lipinski definition) is 1. The van der Waals surface area contributed by atoms with Crippen LogP contribution in [0.15, 0.2) is 88.5 Å². The molecule has 0 saturated carbocycles. The van der Waals surface area contributed by atoms with Gasteiger partial charge in [0.15, 0.2) is 0 Å². The van der Waals surface area contributed by atoms with E-state index in [0.29, 0.717) is 27.9 Å². The molecule has 176 valence electrons. The molecule has 0 aliphatic rings. The van der Waals surface area contributed by atoms with Crippen molar-refractivity contribution in [2.75, 3.05) is 12.4 Å². The van der Waals surface area contributed by atoms with Crippen LogP contribution in [-0.4, -0.2) is 26.7 Å². The Balaban J connectivity index is 1.74. The number of carbonyl (C=O) groups is 1. The molecule has 1 amide bonds. The highest BCUT2D eigenvalue weighted by Crippen LogP contribution is 2.29. The lowest BCUT2D eigenvalue weighted by molar-refractivity contribution is -0.116. The number of fused-ring (bicyclic) bond motifs is 3. The molecule has 3 aromatic carbocycles. The molecule has 0 saturated heterocycles. The summed E-state index contributed by atoms with van der Waals surface area (Å²) in [7, 11) is 3.34. The van der Waals surface area contributed by atoms with E-state index < -0.39 is 11.2 Å². The van der Waals surface area contributed by atoms with Crippen molar-refractivity contribution in [2.24, 2.45) is 7.05 Å². The van der Waals surface area contributed by atoms with Gasteiger partial charge in [-0.05, 0) is 35.9 Å². The van der Waals surface area contributed by atoms with E-state index in [4.69, 9.17) is 4.74 Å². The second-order valence-electron chi connectivity index (χ2n) is 8.30. The van der Waals surface area contributed by atoms with Gasteiger partial charge in [0.25, 0.3) is 5.56 Å². The Hall–Kier alpha value is -4.59. The molecule has 1 N–H and O–H groups in total. The van der Waals surface area contributed by atoms with Crippen molar-refractivity contribution in [2.45, 2.75) is 13.1 Å². The number of hydrogen-bond acceptors (Lipinski definition) is 4. The van der Waals surface area contributed by atoms with Gasteiger partial charge in [-0.2, -0.15) is 0 Å². The predicted molar refractivity (Wildman–Crippen MR) is 136 cm³/mol. The minimum absolute atomic E-state index is 0.0968. The van der Waals surface area contributed by atoms with E-state index in [9.17, 15) is 14.4 Å². The summed E-state index contributed by atoms with van der Waals surface area (Å²) in [4.78, 5) is 40.3. The summed E-state index contributed by atoms with van der Waals surface area (Å²) >= 11 is 0. The first-order valence-corrected chi connectivity index (χ1v) is 11.2. The van der Waals surface area contributed by atoms with Crippen LogP contribution in [0.3, 0.4) is 0 Å². The average Bonchev–Trinajstić information content (AvgIpc) is 3.17. The van der Waals surface area contributed by atoms with Gasteiger partial charge in [0.1, 0.15) is 17.8 Å². The topological polar surface area (TPSA) is 87.3 Å². The second-order valence-corrected chi connectivity index (χ2v) is 8.30. The highest BCUT2D eigenvalue weighted by Gasteiger charge is 2.22. The maximum absolute atomic E-state index is 13.7. The number of nitrogens with zero attached hydrogens (tertiary/aromatic N) is 3. The van der Waals surface area contributed by atoms with Crippen LogP contribution in [-0.2, 0) is 24.9 Å². The van der Waals surface area contributed by atoms with Crippen molar-refractivity contribution >= 4 is 33.5 Å². The zero-order valence-corrected chi connectivity index (χ0v) is 19.4. The third-order valence-corrected chi connectivity index (χ3v) is 6.10. The molecule has 5 rings (SSSR count). The SMILES string of the molecule is COc1ccc2c(c1)c1c(c(=O)n(Cc3ccccc3)c(=O)n1CC(=O)Nc1ccccc1)n2C. The van der Waals surface area contributed by atoms with Gasteiger partial charge in [0.05, 0.1) is 24.7 Å². The van der Waals surface area contributed by atoms with Crippen molar-refractivity contribution in [1.82, 2.24) is 13.7 Å². The number of rotatable bonds is 6. The fraction of sp³-hybridized carbons (Fsp3) is 0.148. The maximum Gasteiger partial charge on any atom is 0.332 e. The number of amides is 1. The van der Waals surface area contributed by atoms with Crippen molar-refractivity contribution in [3.8, 4) is 5.75 Å². The molecule has 2 heterocycles. The molecule has 0 fully saturated rings. The van der Waals surface area contributed by atoms with Crippen LogP contribution in [0.1, 0.15) is 5.56 Å². The molecular weight excluding hydrogens is 444 g/mol. The Morgan fingerprint density at radius 1 is 0.886 bits per heavy atom. The summed E-state index contributed by atoms with van der Waals surface area (Å²) in [6, 6.07) is 23.8. The summed E-state index contributed by atoms with van der Waals surface area (Å²) in [6.07, 6.45) is 0. The zero-order chi connectivity index (χ0) is 24.5. The van der Waals surface area contributed by atoms with Gasteiger partial charge < -0.3 is 14.6 Å². The van der Waals surface area contributed by atoms with Crippen molar-refractivity contribution in [3.05, 3.63) is 105 Å². The molecule has 0 aliphatic carbocycles. The van der Waals surface area contributed by atoms with E-state index in [1.165, 1.54) is 9.13 Å². The van der Waals surface area contributed by atoms with Crippen molar-refractivity contribution in [1.29, 1.82) is 0 Å². The molecule has 0 aliphatic heterocycles. The van der Waals surface area contributed by atoms with Gasteiger partial charge >= 0.3 is 5.69 Å². The highest BCUT2D eigenvalue weighted by molar-refractivity contribution is 6.06.